The predicted octanol–water partition coefficient (Wildman–Crippen LogP) is 3.14. The predicted molar refractivity (Wildman–Crippen MR) is 155 cm³/mol. The van der Waals surface area contributed by atoms with Crippen molar-refractivity contribution < 1.29 is 28.6 Å². The zero-order valence-corrected chi connectivity index (χ0v) is 22.7. The topological polar surface area (TPSA) is 144 Å². The summed E-state index contributed by atoms with van der Waals surface area (Å²) in [5.74, 6) is -1.17. The van der Waals surface area contributed by atoms with Gasteiger partial charge in [-0.25, -0.2) is 9.59 Å². The Kier molecular flexibility index (Phi) is 11.5. The number of benzene rings is 2. The highest BCUT2D eigenvalue weighted by molar-refractivity contribution is 5.97. The number of hydrogen-bond acceptors (Lipinski definition) is 9. The number of aliphatic hydroxyl groups excluding tert-OH is 1. The molecule has 0 atom stereocenters. The summed E-state index contributed by atoms with van der Waals surface area (Å²) in [6.45, 7) is 5.78. The second-order valence-corrected chi connectivity index (χ2v) is 8.69. The number of carbonyl (C=O) groups is 2. The maximum Gasteiger partial charge on any atom is 0.349 e. The van der Waals surface area contributed by atoms with E-state index in [2.05, 4.69) is 10.2 Å². The highest BCUT2D eigenvalue weighted by Gasteiger charge is 2.14. The summed E-state index contributed by atoms with van der Waals surface area (Å²) in [5, 5.41) is 12.5. The number of nitrogens with two attached hydrogens (primary N) is 1. The molecule has 0 radical (unpaired) electrons. The van der Waals surface area contributed by atoms with Crippen LogP contribution in [0, 0.1) is 0 Å². The van der Waals surface area contributed by atoms with Crippen LogP contribution in [0.15, 0.2) is 75.5 Å². The third-order valence-corrected chi connectivity index (χ3v) is 6.02. The van der Waals surface area contributed by atoms with Gasteiger partial charge in [0.25, 0.3) is 5.91 Å². The van der Waals surface area contributed by atoms with Crippen molar-refractivity contribution in [3.63, 3.8) is 0 Å². The number of ether oxygens (including phenoxy) is 2. The fourth-order valence-corrected chi connectivity index (χ4v) is 3.87. The molecule has 10 nitrogen and oxygen atoms in total. The highest BCUT2D eigenvalue weighted by Crippen LogP contribution is 2.22. The summed E-state index contributed by atoms with van der Waals surface area (Å²) in [6, 6.07) is 14.1. The van der Waals surface area contributed by atoms with Crippen LogP contribution >= 0.6 is 0 Å². The highest BCUT2D eigenvalue weighted by atomic mass is 16.6. The van der Waals surface area contributed by atoms with Gasteiger partial charge in [0.2, 0.25) is 0 Å². The van der Waals surface area contributed by atoms with Gasteiger partial charge in [-0.15, -0.1) is 0 Å². The van der Waals surface area contributed by atoms with E-state index in [4.69, 9.17) is 19.6 Å². The van der Waals surface area contributed by atoms with Crippen molar-refractivity contribution in [1.82, 2.24) is 5.32 Å². The Morgan fingerprint density at radius 1 is 1.05 bits per heavy atom. The molecular formula is C30H35N3O7. The lowest BCUT2D eigenvalue weighted by molar-refractivity contribution is -0.140. The Morgan fingerprint density at radius 3 is 2.50 bits per heavy atom. The van der Waals surface area contributed by atoms with Crippen molar-refractivity contribution in [2.24, 2.45) is 0 Å². The van der Waals surface area contributed by atoms with E-state index >= 15 is 0 Å². The first kappa shape index (κ1) is 30.1. The zero-order valence-electron chi connectivity index (χ0n) is 22.7. The molecule has 0 spiro atoms. The minimum Gasteiger partial charge on any atom is -0.460 e. The van der Waals surface area contributed by atoms with Crippen LogP contribution in [0.25, 0.3) is 17.0 Å². The Morgan fingerprint density at radius 2 is 1.80 bits per heavy atom. The first-order valence-electron chi connectivity index (χ1n) is 13.1. The molecule has 0 fully saturated rings. The molecule has 1 heterocycles. The average molecular weight is 550 g/mol. The third-order valence-electron chi connectivity index (χ3n) is 6.02. The summed E-state index contributed by atoms with van der Waals surface area (Å²) < 4.78 is 16.0. The second-order valence-electron chi connectivity index (χ2n) is 8.69. The number of fused-ring (bicyclic) bond motifs is 1. The lowest BCUT2D eigenvalue weighted by atomic mass is 10.1. The maximum absolute atomic E-state index is 12.5. The van der Waals surface area contributed by atoms with Crippen molar-refractivity contribution in [3.05, 3.63) is 87.8 Å². The van der Waals surface area contributed by atoms with Gasteiger partial charge in [0.05, 0.1) is 25.4 Å². The molecule has 40 heavy (non-hydrogen) atoms. The number of anilines is 2. The van der Waals surface area contributed by atoms with E-state index in [1.807, 2.05) is 26.0 Å². The maximum atomic E-state index is 12.5. The molecular weight excluding hydrogens is 514 g/mol. The van der Waals surface area contributed by atoms with Gasteiger partial charge in [-0.1, -0.05) is 18.2 Å². The summed E-state index contributed by atoms with van der Waals surface area (Å²) in [6.07, 6.45) is 4.61. The van der Waals surface area contributed by atoms with Gasteiger partial charge in [0.15, 0.2) is 0 Å². The molecule has 4 N–H and O–H groups in total. The Hall–Kier alpha value is -4.41. The molecule has 3 aromatic rings. The van der Waals surface area contributed by atoms with E-state index in [0.29, 0.717) is 16.7 Å². The molecule has 1 aromatic heterocycles. The molecule has 0 aliphatic rings. The van der Waals surface area contributed by atoms with Gasteiger partial charge >= 0.3 is 11.6 Å². The quantitative estimate of drug-likeness (QED) is 0.0690. The van der Waals surface area contributed by atoms with Gasteiger partial charge in [-0.2, -0.15) is 0 Å². The van der Waals surface area contributed by atoms with Crippen molar-refractivity contribution in [2.75, 3.05) is 56.7 Å². The van der Waals surface area contributed by atoms with Crippen molar-refractivity contribution in [1.29, 1.82) is 0 Å². The summed E-state index contributed by atoms with van der Waals surface area (Å²) >= 11 is 0. The average Bonchev–Trinajstić information content (AvgIpc) is 2.95. The number of rotatable bonds is 14. The monoisotopic (exact) mass is 549 g/mol. The van der Waals surface area contributed by atoms with E-state index in [0.717, 1.165) is 24.3 Å². The molecule has 3 rings (SSSR count). The fraction of sp³-hybridized carbons (Fsp3) is 0.300. The van der Waals surface area contributed by atoms with Crippen LogP contribution in [-0.4, -0.2) is 63.0 Å². The van der Waals surface area contributed by atoms with E-state index in [1.165, 1.54) is 12.1 Å². The Bertz CT molecular complexity index is 1410. The number of hydrogen-bond donors (Lipinski definition) is 3. The molecule has 0 saturated heterocycles. The number of esters is 1. The third kappa shape index (κ3) is 8.55. The molecule has 2 aromatic carbocycles. The van der Waals surface area contributed by atoms with E-state index in [-0.39, 0.29) is 44.1 Å². The molecule has 1 amide bonds. The van der Waals surface area contributed by atoms with Crippen LogP contribution < -0.4 is 21.6 Å². The van der Waals surface area contributed by atoms with Gasteiger partial charge in [-0.05, 0) is 61.9 Å². The first-order chi connectivity index (χ1) is 19.4. The Labute approximate surface area is 232 Å². The lowest BCUT2D eigenvalue weighted by Gasteiger charge is -2.21. The van der Waals surface area contributed by atoms with Crippen LogP contribution in [0.1, 0.15) is 29.8 Å². The molecule has 0 aliphatic carbocycles. The second kappa shape index (κ2) is 15.2. The van der Waals surface area contributed by atoms with Crippen molar-refractivity contribution >= 4 is 40.3 Å². The summed E-state index contributed by atoms with van der Waals surface area (Å²) in [7, 11) is 0. The first-order valence-corrected chi connectivity index (χ1v) is 13.1. The summed E-state index contributed by atoms with van der Waals surface area (Å²) in [4.78, 5) is 39.4. The van der Waals surface area contributed by atoms with E-state index < -0.39 is 17.5 Å². The summed E-state index contributed by atoms with van der Waals surface area (Å²) in [5.41, 5.74) is 7.89. The smallest absolute Gasteiger partial charge is 0.349 e. The zero-order chi connectivity index (χ0) is 28.9. The molecule has 0 unspecified atom stereocenters. The van der Waals surface area contributed by atoms with Crippen molar-refractivity contribution in [3.8, 4) is 0 Å². The number of carbonyl (C=O) groups excluding carboxylic acids is 2. The molecule has 0 bridgehead atoms. The van der Waals surface area contributed by atoms with Crippen LogP contribution in [0.3, 0.4) is 0 Å². The lowest BCUT2D eigenvalue weighted by Crippen LogP contribution is -2.31. The van der Waals surface area contributed by atoms with Gasteiger partial charge in [0, 0.05) is 42.5 Å². The van der Waals surface area contributed by atoms with Crippen LogP contribution in [0.2, 0.25) is 0 Å². The van der Waals surface area contributed by atoms with Crippen LogP contribution in [0.5, 0.6) is 0 Å². The molecule has 0 aliphatic heterocycles. The minimum absolute atomic E-state index is 0.0188. The number of aliphatic hydroxyl groups is 1. The van der Waals surface area contributed by atoms with Crippen molar-refractivity contribution in [2.45, 2.75) is 13.8 Å². The van der Waals surface area contributed by atoms with Gasteiger partial charge in [0.1, 0.15) is 17.8 Å². The number of nitrogen functional groups attached to an aromatic ring is 1. The molecule has 212 valence electrons. The normalized spacial score (nSPS) is 11.6. The largest absolute Gasteiger partial charge is 0.460 e. The number of nitrogens with zero attached hydrogens (tertiary/aromatic N) is 1. The molecule has 0 saturated carbocycles. The number of nitrogens with one attached hydrogen (secondary N) is 1. The molecule has 10 heteroatoms. The van der Waals surface area contributed by atoms with Gasteiger partial charge < -0.3 is 34.9 Å². The van der Waals surface area contributed by atoms with Crippen LogP contribution in [-0.2, 0) is 14.3 Å². The SMILES string of the molecule is CCN(CC)c1ccc2cc(C(=O)NCCOCCOC(=O)C(/C=C/c3ccc(N)cc3)=C/CO)c(=O)oc2c1. The minimum atomic E-state index is -0.716. The van der Waals surface area contributed by atoms with Gasteiger partial charge in [-0.3, -0.25) is 4.79 Å². The number of amides is 1. The fourth-order valence-electron chi connectivity index (χ4n) is 3.87. The van der Waals surface area contributed by atoms with E-state index in [9.17, 15) is 19.5 Å². The van der Waals surface area contributed by atoms with E-state index in [1.54, 1.807) is 42.5 Å². The van der Waals surface area contributed by atoms with Crippen LogP contribution in [0.4, 0.5) is 11.4 Å². The standard InChI is InChI=1S/C30H35N3O7/c1-3-33(4-2)25-12-9-23-19-26(30(37)40-27(23)20-25)28(35)32-14-16-38-17-18-39-29(36)22(13-15-34)8-5-21-6-10-24(31)11-7-21/h5-13,19-20,34H,3-4,14-18,31H2,1-2H3,(H,32,35)/b8-5+,22-13+. The Balaban J connectivity index is 1.42.